The molecule has 2 atom stereocenters. The third kappa shape index (κ3) is 12.0. The number of nitrogens with zero attached hydrogens (tertiary/aromatic N) is 3. The number of likely N-dealkylation sites (N-methyl/N-ethyl adjacent to an activating group) is 1. The van der Waals surface area contributed by atoms with E-state index in [1.54, 1.807) is 29.4 Å². The number of aromatic nitrogens is 1. The van der Waals surface area contributed by atoms with Crippen LogP contribution < -0.4 is 21.4 Å². The lowest BCUT2D eigenvalue weighted by molar-refractivity contribution is -0.180. The predicted octanol–water partition coefficient (Wildman–Crippen LogP) is 6.68. The molecule has 0 aliphatic rings. The zero-order valence-electron chi connectivity index (χ0n) is 36.8. The molecule has 0 radical (unpaired) electrons. The number of carbonyl (C=O) groups excluding carboxylic acids is 4. The molecule has 332 valence electrons. The lowest BCUT2D eigenvalue weighted by Gasteiger charge is -2.38. The molecule has 0 bridgehead atoms. The van der Waals surface area contributed by atoms with E-state index in [9.17, 15) is 14.4 Å². The molecule has 0 aliphatic heterocycles. The Kier molecular flexibility index (Phi) is 16.7. The van der Waals surface area contributed by atoms with Gasteiger partial charge in [-0.05, 0) is 71.5 Å². The highest BCUT2D eigenvalue weighted by Crippen LogP contribution is 2.37. The molecule has 2 unspecified atom stereocenters. The van der Waals surface area contributed by atoms with Crippen molar-refractivity contribution in [1.29, 1.82) is 0 Å². The first kappa shape index (κ1) is 46.6. The minimum Gasteiger partial charge on any atom is -0.351 e. The molecule has 0 fully saturated rings. The van der Waals surface area contributed by atoms with Crippen molar-refractivity contribution in [1.82, 2.24) is 36.3 Å². The number of benzene rings is 5. The van der Waals surface area contributed by atoms with E-state index in [4.69, 9.17) is 9.47 Å². The maximum absolute atomic E-state index is 15.4. The summed E-state index contributed by atoms with van der Waals surface area (Å²) >= 11 is 0. The van der Waals surface area contributed by atoms with Gasteiger partial charge in [0.2, 0.25) is 17.7 Å². The van der Waals surface area contributed by atoms with Crippen molar-refractivity contribution in [2.75, 3.05) is 26.8 Å². The Morgan fingerprint density at radius 2 is 1.23 bits per heavy atom. The van der Waals surface area contributed by atoms with Gasteiger partial charge in [0.05, 0.1) is 19.0 Å². The van der Waals surface area contributed by atoms with Crippen molar-refractivity contribution in [3.05, 3.63) is 186 Å². The van der Waals surface area contributed by atoms with Crippen LogP contribution in [0.1, 0.15) is 55.0 Å². The molecule has 1 heterocycles. The molecule has 6 rings (SSSR count). The maximum atomic E-state index is 15.4. The third-order valence-electron chi connectivity index (χ3n) is 10.9. The van der Waals surface area contributed by atoms with Crippen molar-refractivity contribution in [3.8, 4) is 0 Å². The van der Waals surface area contributed by atoms with Gasteiger partial charge in [-0.3, -0.25) is 24.8 Å². The van der Waals surface area contributed by atoms with Crippen molar-refractivity contribution >= 4 is 34.5 Å². The maximum Gasteiger partial charge on any atom is 0.329 e. The lowest BCUT2D eigenvalue weighted by Crippen LogP contribution is -2.58. The smallest absolute Gasteiger partial charge is 0.329 e. The van der Waals surface area contributed by atoms with Crippen LogP contribution in [0.15, 0.2) is 158 Å². The first-order chi connectivity index (χ1) is 31.1. The second-order valence-electron chi connectivity index (χ2n) is 15.4. The Morgan fingerprint density at radius 3 is 1.81 bits per heavy atom. The van der Waals surface area contributed by atoms with Crippen LogP contribution >= 0.6 is 0 Å². The van der Waals surface area contributed by atoms with Gasteiger partial charge in [0.25, 0.3) is 0 Å². The van der Waals surface area contributed by atoms with Crippen molar-refractivity contribution in [2.45, 2.75) is 64.2 Å². The summed E-state index contributed by atoms with van der Waals surface area (Å²) in [5, 5.41) is 12.2. The molecular formula is C51H57N7O6. The number of hydrogen-bond acceptors (Lipinski definition) is 8. The SMILES string of the molecule is CCOC(OCC)C(C)N(Cc1cccc2ccccc12)C(=O)C(CC(=O)NC(c1ccccc1)(c1ccccc1)c1ccccc1)NC(=O)CN(C)NC(=O)NCc1ccncc1. The van der Waals surface area contributed by atoms with Gasteiger partial charge in [0, 0.05) is 45.7 Å². The van der Waals surface area contributed by atoms with Crippen molar-refractivity contribution in [3.63, 3.8) is 0 Å². The summed E-state index contributed by atoms with van der Waals surface area (Å²) in [5.41, 5.74) is 5.55. The molecule has 13 heteroatoms. The number of amides is 5. The van der Waals surface area contributed by atoms with E-state index in [-0.39, 0.29) is 19.6 Å². The van der Waals surface area contributed by atoms with Gasteiger partial charge in [-0.15, -0.1) is 0 Å². The number of rotatable bonds is 21. The highest BCUT2D eigenvalue weighted by Gasteiger charge is 2.40. The molecule has 0 spiro atoms. The number of pyridine rings is 1. The molecule has 1 aromatic heterocycles. The summed E-state index contributed by atoms with van der Waals surface area (Å²) in [6, 6.07) is 43.8. The number of carbonyl (C=O) groups is 4. The molecule has 13 nitrogen and oxygen atoms in total. The molecule has 5 amide bonds. The molecule has 5 aromatic carbocycles. The highest BCUT2D eigenvalue weighted by atomic mass is 16.7. The van der Waals surface area contributed by atoms with Gasteiger partial charge >= 0.3 is 6.03 Å². The number of hydrazine groups is 1. The first-order valence-electron chi connectivity index (χ1n) is 21.5. The van der Waals surface area contributed by atoms with Gasteiger partial charge in [-0.1, -0.05) is 133 Å². The lowest BCUT2D eigenvalue weighted by atomic mass is 9.77. The number of hydrogen-bond donors (Lipinski definition) is 4. The summed E-state index contributed by atoms with van der Waals surface area (Å²) in [6.45, 7) is 6.21. The van der Waals surface area contributed by atoms with E-state index in [1.807, 2.05) is 154 Å². The summed E-state index contributed by atoms with van der Waals surface area (Å²) in [4.78, 5) is 62.8. The molecule has 64 heavy (non-hydrogen) atoms. The van der Waals surface area contributed by atoms with Gasteiger partial charge < -0.3 is 30.3 Å². The van der Waals surface area contributed by atoms with Crippen LogP contribution in [-0.4, -0.2) is 83.8 Å². The Hall–Kier alpha value is -6.93. The number of urea groups is 1. The minimum atomic E-state index is -1.37. The van der Waals surface area contributed by atoms with E-state index in [0.717, 1.165) is 38.6 Å². The van der Waals surface area contributed by atoms with Crippen LogP contribution in [0, 0.1) is 0 Å². The second kappa shape index (κ2) is 23.0. The molecule has 4 N–H and O–H groups in total. The van der Waals surface area contributed by atoms with Crippen LogP contribution in [0.25, 0.3) is 10.8 Å². The molecular weight excluding hydrogens is 807 g/mol. The van der Waals surface area contributed by atoms with E-state index in [1.165, 1.54) is 12.1 Å². The fourth-order valence-corrected chi connectivity index (χ4v) is 7.86. The largest absolute Gasteiger partial charge is 0.351 e. The number of ether oxygens (including phenoxy) is 2. The quantitative estimate of drug-likeness (QED) is 0.0355. The van der Waals surface area contributed by atoms with Gasteiger partial charge in [0.15, 0.2) is 6.29 Å². The Bertz CT molecular complexity index is 2320. The molecule has 0 aliphatic carbocycles. The summed E-state index contributed by atoms with van der Waals surface area (Å²) in [6.07, 6.45) is 2.01. The standard InChI is InChI=1S/C51H57N7O6/c1-5-63-49(64-6-2)37(3)58(35-40-21-18-20-39-19-16-17-28-44(39)40)48(61)45(54-47(60)36-57(4)56-50(62)53-34-38-29-31-52-32-30-38)33-46(59)55-51(41-22-10-7-11-23-41,42-24-12-8-13-25-42)43-26-14-9-15-27-43/h7-32,37,45,49H,5-6,33-36H2,1-4H3,(H,54,60)(H,55,59)(H2,53,56,62). The fourth-order valence-electron chi connectivity index (χ4n) is 7.86. The van der Waals surface area contributed by atoms with E-state index in [0.29, 0.717) is 13.2 Å². The molecule has 0 saturated carbocycles. The first-order valence-corrected chi connectivity index (χ1v) is 21.5. The average molecular weight is 864 g/mol. The molecule has 6 aromatic rings. The molecule has 0 saturated heterocycles. The van der Waals surface area contributed by atoms with Gasteiger partial charge in [0.1, 0.15) is 11.6 Å². The Labute approximate surface area is 375 Å². The van der Waals surface area contributed by atoms with Gasteiger partial charge in [-0.25, -0.2) is 9.80 Å². The summed E-state index contributed by atoms with van der Waals surface area (Å²) in [7, 11) is 1.53. The van der Waals surface area contributed by atoms with E-state index < -0.39 is 54.1 Å². The van der Waals surface area contributed by atoms with Gasteiger partial charge in [-0.2, -0.15) is 0 Å². The van der Waals surface area contributed by atoms with Crippen molar-refractivity contribution < 1.29 is 28.7 Å². The predicted molar refractivity (Wildman–Crippen MR) is 247 cm³/mol. The van der Waals surface area contributed by atoms with Crippen LogP contribution in [-0.2, 0) is 42.5 Å². The van der Waals surface area contributed by atoms with Crippen molar-refractivity contribution in [2.24, 2.45) is 0 Å². The second-order valence-corrected chi connectivity index (χ2v) is 15.4. The van der Waals surface area contributed by atoms with E-state index in [2.05, 4.69) is 26.4 Å². The average Bonchev–Trinajstić information content (AvgIpc) is 3.32. The van der Waals surface area contributed by atoms with E-state index >= 15 is 4.79 Å². The van der Waals surface area contributed by atoms with Crippen LogP contribution in [0.4, 0.5) is 4.79 Å². The Balaban J connectivity index is 1.35. The summed E-state index contributed by atoms with van der Waals surface area (Å²) < 4.78 is 12.1. The Morgan fingerprint density at radius 1 is 0.688 bits per heavy atom. The van der Waals surface area contributed by atoms with Crippen LogP contribution in [0.5, 0.6) is 0 Å². The third-order valence-corrected chi connectivity index (χ3v) is 10.9. The fraction of sp³-hybridized carbons (Fsp3) is 0.275. The summed E-state index contributed by atoms with van der Waals surface area (Å²) in [5.74, 6) is -1.63. The number of fused-ring (bicyclic) bond motifs is 1. The highest BCUT2D eigenvalue weighted by molar-refractivity contribution is 5.94. The van der Waals surface area contributed by atoms with Crippen LogP contribution in [0.3, 0.4) is 0 Å². The number of nitrogens with one attached hydrogen (secondary N) is 4. The zero-order valence-corrected chi connectivity index (χ0v) is 36.8. The minimum absolute atomic E-state index is 0.118. The monoisotopic (exact) mass is 863 g/mol. The topological polar surface area (TPSA) is 154 Å². The normalized spacial score (nSPS) is 12.3. The van der Waals surface area contributed by atoms with Crippen LogP contribution in [0.2, 0.25) is 0 Å². The zero-order chi connectivity index (χ0) is 45.3.